The largest absolute Gasteiger partial charge is 0.480 e. The van der Waals surface area contributed by atoms with E-state index in [4.69, 9.17) is 0 Å². The molecule has 0 saturated carbocycles. The molecule has 0 saturated heterocycles. The lowest BCUT2D eigenvalue weighted by atomic mass is 9.92. The van der Waals surface area contributed by atoms with E-state index in [1.807, 2.05) is 13.0 Å². The molecule has 1 heterocycles. The van der Waals surface area contributed by atoms with E-state index >= 15 is 0 Å². The first-order chi connectivity index (χ1) is 8.84. The van der Waals surface area contributed by atoms with Crippen molar-refractivity contribution in [2.75, 3.05) is 0 Å². The predicted octanol–water partition coefficient (Wildman–Crippen LogP) is 2.07. The summed E-state index contributed by atoms with van der Waals surface area (Å²) >= 11 is 0. The number of pyridine rings is 1. The fraction of sp³-hybridized carbons (Fsp3) is 0.500. The van der Waals surface area contributed by atoms with Gasteiger partial charge in [-0.05, 0) is 44.4 Å². The number of aliphatic carboxylic acids is 1. The van der Waals surface area contributed by atoms with Gasteiger partial charge in [0.25, 0.3) is 5.91 Å². The van der Waals surface area contributed by atoms with Gasteiger partial charge in [-0.25, -0.2) is 9.78 Å². The normalized spacial score (nSPS) is 11.2. The molecule has 0 bridgehead atoms. The molecule has 19 heavy (non-hydrogen) atoms. The second-order valence-corrected chi connectivity index (χ2v) is 4.72. The number of carbonyl (C=O) groups is 2. The van der Waals surface area contributed by atoms with Gasteiger partial charge in [-0.1, -0.05) is 13.8 Å². The molecule has 5 heteroatoms. The average Bonchev–Trinajstić information content (AvgIpc) is 2.34. The molecule has 1 amide bonds. The van der Waals surface area contributed by atoms with Gasteiger partial charge in [0.15, 0.2) is 0 Å². The van der Waals surface area contributed by atoms with E-state index in [-0.39, 0.29) is 5.69 Å². The number of carbonyl (C=O) groups excluding carboxylic acids is 1. The summed E-state index contributed by atoms with van der Waals surface area (Å²) in [7, 11) is 0. The molecular weight excluding hydrogens is 244 g/mol. The molecular formula is C14H20N2O3. The van der Waals surface area contributed by atoms with Crippen LogP contribution in [0.25, 0.3) is 0 Å². The van der Waals surface area contributed by atoms with Crippen molar-refractivity contribution in [2.45, 2.75) is 46.1 Å². The summed E-state index contributed by atoms with van der Waals surface area (Å²) in [5.74, 6) is -1.46. The van der Waals surface area contributed by atoms with Crippen LogP contribution in [0.1, 0.15) is 48.4 Å². The molecule has 104 valence electrons. The van der Waals surface area contributed by atoms with Crippen LogP contribution in [-0.2, 0) is 4.79 Å². The predicted molar refractivity (Wildman–Crippen MR) is 72.1 cm³/mol. The van der Waals surface area contributed by atoms with Crippen LogP contribution < -0.4 is 5.32 Å². The Hall–Kier alpha value is -1.91. The molecule has 0 spiro atoms. The maximum absolute atomic E-state index is 12.2. The van der Waals surface area contributed by atoms with Crippen LogP contribution >= 0.6 is 0 Å². The smallest absolute Gasteiger partial charge is 0.329 e. The molecule has 1 aromatic rings. The van der Waals surface area contributed by atoms with Gasteiger partial charge in [0.1, 0.15) is 11.2 Å². The Morgan fingerprint density at radius 1 is 1.26 bits per heavy atom. The van der Waals surface area contributed by atoms with Crippen LogP contribution in [0.15, 0.2) is 12.1 Å². The number of carboxylic acids is 1. The molecule has 0 aliphatic rings. The number of hydrogen-bond acceptors (Lipinski definition) is 3. The first-order valence-corrected chi connectivity index (χ1v) is 6.36. The quantitative estimate of drug-likeness (QED) is 0.853. The van der Waals surface area contributed by atoms with Gasteiger partial charge in [-0.3, -0.25) is 4.79 Å². The second kappa shape index (κ2) is 5.82. The summed E-state index contributed by atoms with van der Waals surface area (Å²) in [5.41, 5.74) is 0.687. The number of carboxylic acid groups (broad SMARTS) is 1. The summed E-state index contributed by atoms with van der Waals surface area (Å²) in [6.07, 6.45) is 0.657. The highest BCUT2D eigenvalue weighted by molar-refractivity contribution is 5.96. The van der Waals surface area contributed by atoms with Crippen molar-refractivity contribution in [2.24, 2.45) is 0 Å². The third-order valence-electron chi connectivity index (χ3n) is 3.30. The molecule has 0 radical (unpaired) electrons. The molecule has 0 fully saturated rings. The molecule has 0 unspecified atom stereocenters. The van der Waals surface area contributed by atoms with Crippen LogP contribution in [-0.4, -0.2) is 27.5 Å². The lowest BCUT2D eigenvalue weighted by molar-refractivity contribution is -0.144. The van der Waals surface area contributed by atoms with E-state index in [2.05, 4.69) is 10.3 Å². The van der Waals surface area contributed by atoms with E-state index in [9.17, 15) is 14.7 Å². The van der Waals surface area contributed by atoms with Crippen molar-refractivity contribution in [3.63, 3.8) is 0 Å². The summed E-state index contributed by atoms with van der Waals surface area (Å²) in [4.78, 5) is 27.6. The average molecular weight is 264 g/mol. The molecule has 1 aromatic heterocycles. The third kappa shape index (κ3) is 3.30. The zero-order valence-corrected chi connectivity index (χ0v) is 11.8. The monoisotopic (exact) mass is 264 g/mol. The first kappa shape index (κ1) is 15.1. The molecule has 0 aromatic carbocycles. The number of hydrogen-bond donors (Lipinski definition) is 2. The Kier molecular flexibility index (Phi) is 4.64. The van der Waals surface area contributed by atoms with Crippen LogP contribution in [0, 0.1) is 13.8 Å². The van der Waals surface area contributed by atoms with Gasteiger partial charge in [0, 0.05) is 5.69 Å². The highest BCUT2D eigenvalue weighted by Crippen LogP contribution is 2.16. The zero-order valence-electron chi connectivity index (χ0n) is 11.8. The molecule has 0 aliphatic carbocycles. The maximum Gasteiger partial charge on any atom is 0.329 e. The Labute approximate surface area is 113 Å². The van der Waals surface area contributed by atoms with Crippen molar-refractivity contribution in [3.8, 4) is 0 Å². The number of nitrogens with one attached hydrogen (secondary N) is 1. The number of amides is 1. The maximum atomic E-state index is 12.2. The van der Waals surface area contributed by atoms with Gasteiger partial charge in [0.2, 0.25) is 0 Å². The van der Waals surface area contributed by atoms with Crippen LogP contribution in [0.4, 0.5) is 0 Å². The van der Waals surface area contributed by atoms with Crippen molar-refractivity contribution in [3.05, 3.63) is 29.1 Å². The third-order valence-corrected chi connectivity index (χ3v) is 3.30. The summed E-state index contributed by atoms with van der Waals surface area (Å²) in [6, 6.07) is 3.52. The van der Waals surface area contributed by atoms with Crippen molar-refractivity contribution >= 4 is 11.9 Å². The number of nitrogens with zero attached hydrogens (tertiary/aromatic N) is 1. The highest BCUT2D eigenvalue weighted by Gasteiger charge is 2.36. The van der Waals surface area contributed by atoms with E-state index < -0.39 is 17.4 Å². The van der Waals surface area contributed by atoms with Gasteiger partial charge in [0.05, 0.1) is 0 Å². The summed E-state index contributed by atoms with van der Waals surface area (Å²) < 4.78 is 0. The minimum Gasteiger partial charge on any atom is -0.480 e. The highest BCUT2D eigenvalue weighted by atomic mass is 16.4. The lowest BCUT2D eigenvalue weighted by Gasteiger charge is -2.27. The Morgan fingerprint density at radius 3 is 2.26 bits per heavy atom. The van der Waals surface area contributed by atoms with Crippen LogP contribution in [0.3, 0.4) is 0 Å². The van der Waals surface area contributed by atoms with Gasteiger partial charge >= 0.3 is 5.97 Å². The minimum atomic E-state index is -1.23. The van der Waals surface area contributed by atoms with Crippen molar-refractivity contribution in [1.29, 1.82) is 0 Å². The first-order valence-electron chi connectivity index (χ1n) is 6.36. The van der Waals surface area contributed by atoms with Crippen LogP contribution in [0.2, 0.25) is 0 Å². The summed E-state index contributed by atoms with van der Waals surface area (Å²) in [5, 5.41) is 11.9. The van der Waals surface area contributed by atoms with Gasteiger partial charge in [-0.15, -0.1) is 0 Å². The Bertz CT molecular complexity index is 473. The standard InChI is InChI=1S/C14H20N2O3/c1-5-14(6-2,13(18)19)16-12(17)11-8-9(3)7-10(4)15-11/h7-8H,5-6H2,1-4H3,(H,16,17)(H,18,19). The van der Waals surface area contributed by atoms with E-state index in [0.717, 1.165) is 11.3 Å². The van der Waals surface area contributed by atoms with E-state index in [0.29, 0.717) is 12.8 Å². The van der Waals surface area contributed by atoms with Crippen molar-refractivity contribution < 1.29 is 14.7 Å². The second-order valence-electron chi connectivity index (χ2n) is 4.72. The summed E-state index contributed by atoms with van der Waals surface area (Å²) in [6.45, 7) is 7.16. The molecule has 2 N–H and O–H groups in total. The van der Waals surface area contributed by atoms with E-state index in [1.54, 1.807) is 26.8 Å². The minimum absolute atomic E-state index is 0.255. The Balaban J connectivity index is 3.03. The van der Waals surface area contributed by atoms with Gasteiger partial charge < -0.3 is 10.4 Å². The van der Waals surface area contributed by atoms with Crippen LogP contribution in [0.5, 0.6) is 0 Å². The number of rotatable bonds is 5. The SMILES string of the molecule is CCC(CC)(NC(=O)c1cc(C)cc(C)n1)C(=O)O. The molecule has 5 nitrogen and oxygen atoms in total. The number of aryl methyl sites for hydroxylation is 2. The Morgan fingerprint density at radius 2 is 1.84 bits per heavy atom. The van der Waals surface area contributed by atoms with Crippen molar-refractivity contribution in [1.82, 2.24) is 10.3 Å². The number of aromatic nitrogens is 1. The molecule has 0 aliphatic heterocycles. The van der Waals surface area contributed by atoms with E-state index in [1.165, 1.54) is 0 Å². The fourth-order valence-corrected chi connectivity index (χ4v) is 2.02. The fourth-order valence-electron chi connectivity index (χ4n) is 2.02. The molecule has 0 atom stereocenters. The molecule has 1 rings (SSSR count). The zero-order chi connectivity index (χ0) is 14.6. The van der Waals surface area contributed by atoms with Gasteiger partial charge in [-0.2, -0.15) is 0 Å². The topological polar surface area (TPSA) is 79.3 Å². The lowest BCUT2D eigenvalue weighted by Crippen LogP contribution is -2.53.